The SMILES string of the molecule is O=C(C1CCC1)N1CC[C@]2(O)CCN(Cc3cc(F)ccc3Cl)C[C@@H]2C1. The second-order valence-corrected chi connectivity index (χ2v) is 8.59. The molecule has 1 saturated carbocycles. The van der Waals surface area contributed by atoms with E-state index in [1.807, 2.05) is 4.90 Å². The zero-order valence-electron chi connectivity index (χ0n) is 15.0. The fourth-order valence-electron chi connectivity index (χ4n) is 4.53. The maximum atomic E-state index is 13.5. The van der Waals surface area contributed by atoms with Crippen LogP contribution in [0.5, 0.6) is 0 Å². The van der Waals surface area contributed by atoms with Gasteiger partial charge in [0.2, 0.25) is 5.91 Å². The molecule has 3 aliphatic rings. The van der Waals surface area contributed by atoms with Crippen molar-refractivity contribution in [2.24, 2.45) is 11.8 Å². The molecule has 1 amide bonds. The fourth-order valence-corrected chi connectivity index (χ4v) is 4.71. The van der Waals surface area contributed by atoms with Crippen molar-refractivity contribution in [2.45, 2.75) is 44.2 Å². The molecule has 0 radical (unpaired) electrons. The lowest BCUT2D eigenvalue weighted by molar-refractivity contribution is -0.153. The van der Waals surface area contributed by atoms with E-state index in [-0.39, 0.29) is 23.6 Å². The first kappa shape index (κ1) is 18.2. The van der Waals surface area contributed by atoms with Crippen LogP contribution in [0.2, 0.25) is 5.02 Å². The normalized spacial score (nSPS) is 30.0. The zero-order chi connectivity index (χ0) is 18.3. The average molecular weight is 381 g/mol. The molecular formula is C20H26ClFN2O2. The Morgan fingerprint density at radius 1 is 1.27 bits per heavy atom. The summed E-state index contributed by atoms with van der Waals surface area (Å²) in [4.78, 5) is 16.8. The predicted molar refractivity (Wildman–Crippen MR) is 98.3 cm³/mol. The van der Waals surface area contributed by atoms with Crippen LogP contribution in [0.4, 0.5) is 4.39 Å². The first-order valence-electron chi connectivity index (χ1n) is 9.62. The van der Waals surface area contributed by atoms with Gasteiger partial charge in [0, 0.05) is 49.6 Å². The molecule has 4 rings (SSSR count). The van der Waals surface area contributed by atoms with Crippen LogP contribution in [0, 0.1) is 17.7 Å². The summed E-state index contributed by atoms with van der Waals surface area (Å²) in [7, 11) is 0. The van der Waals surface area contributed by atoms with Crippen LogP contribution in [0.3, 0.4) is 0 Å². The smallest absolute Gasteiger partial charge is 0.225 e. The maximum absolute atomic E-state index is 13.5. The van der Waals surface area contributed by atoms with E-state index >= 15 is 0 Å². The third kappa shape index (κ3) is 3.49. The van der Waals surface area contributed by atoms with Gasteiger partial charge < -0.3 is 10.0 Å². The Balaban J connectivity index is 1.42. The van der Waals surface area contributed by atoms with E-state index in [1.54, 1.807) is 6.07 Å². The van der Waals surface area contributed by atoms with E-state index in [2.05, 4.69) is 4.90 Å². The quantitative estimate of drug-likeness (QED) is 0.876. The fraction of sp³-hybridized carbons (Fsp3) is 0.650. The van der Waals surface area contributed by atoms with Crippen molar-refractivity contribution >= 4 is 17.5 Å². The van der Waals surface area contributed by atoms with Crippen LogP contribution in [0.25, 0.3) is 0 Å². The Hall–Kier alpha value is -1.17. The molecular weight excluding hydrogens is 355 g/mol. The van der Waals surface area contributed by atoms with Crippen molar-refractivity contribution in [3.05, 3.63) is 34.6 Å². The van der Waals surface area contributed by atoms with Crippen molar-refractivity contribution in [1.29, 1.82) is 0 Å². The monoisotopic (exact) mass is 380 g/mol. The molecule has 6 heteroatoms. The van der Waals surface area contributed by atoms with Crippen molar-refractivity contribution in [3.63, 3.8) is 0 Å². The van der Waals surface area contributed by atoms with Crippen molar-refractivity contribution in [1.82, 2.24) is 9.80 Å². The zero-order valence-corrected chi connectivity index (χ0v) is 15.7. The highest BCUT2D eigenvalue weighted by Crippen LogP contribution is 2.38. The van der Waals surface area contributed by atoms with Crippen LogP contribution in [-0.2, 0) is 11.3 Å². The van der Waals surface area contributed by atoms with E-state index in [1.165, 1.54) is 12.1 Å². The molecule has 3 fully saturated rings. The molecule has 2 aliphatic heterocycles. The van der Waals surface area contributed by atoms with E-state index in [0.717, 1.165) is 31.4 Å². The van der Waals surface area contributed by atoms with Gasteiger partial charge in [-0.25, -0.2) is 4.39 Å². The topological polar surface area (TPSA) is 43.8 Å². The second kappa shape index (κ2) is 7.10. The van der Waals surface area contributed by atoms with E-state index in [0.29, 0.717) is 44.0 Å². The van der Waals surface area contributed by atoms with Gasteiger partial charge in [-0.3, -0.25) is 9.69 Å². The summed E-state index contributed by atoms with van der Waals surface area (Å²) in [5.41, 5.74) is 0.0915. The van der Waals surface area contributed by atoms with Crippen molar-refractivity contribution < 1.29 is 14.3 Å². The van der Waals surface area contributed by atoms with Crippen molar-refractivity contribution in [2.75, 3.05) is 26.2 Å². The minimum Gasteiger partial charge on any atom is -0.389 e. The lowest BCUT2D eigenvalue weighted by Crippen LogP contribution is -2.61. The first-order chi connectivity index (χ1) is 12.4. The van der Waals surface area contributed by atoms with Gasteiger partial charge in [0.1, 0.15) is 5.82 Å². The third-order valence-corrected chi connectivity index (χ3v) is 6.89. The number of halogens is 2. The van der Waals surface area contributed by atoms with Gasteiger partial charge in [-0.15, -0.1) is 0 Å². The third-order valence-electron chi connectivity index (χ3n) is 6.52. The molecule has 2 saturated heterocycles. The molecule has 142 valence electrons. The van der Waals surface area contributed by atoms with E-state index < -0.39 is 5.60 Å². The molecule has 0 spiro atoms. The number of piperidine rings is 2. The van der Waals surface area contributed by atoms with E-state index in [9.17, 15) is 14.3 Å². The molecule has 4 nitrogen and oxygen atoms in total. The lowest BCUT2D eigenvalue weighted by atomic mass is 9.74. The number of aliphatic hydroxyl groups is 1. The van der Waals surface area contributed by atoms with E-state index in [4.69, 9.17) is 11.6 Å². The summed E-state index contributed by atoms with van der Waals surface area (Å²) in [5.74, 6) is 0.227. The van der Waals surface area contributed by atoms with Gasteiger partial charge >= 0.3 is 0 Å². The van der Waals surface area contributed by atoms with Gasteiger partial charge in [0.15, 0.2) is 0 Å². The summed E-state index contributed by atoms with van der Waals surface area (Å²) < 4.78 is 13.5. The minimum absolute atomic E-state index is 0.0429. The molecule has 2 atom stereocenters. The number of amides is 1. The number of benzene rings is 1. The first-order valence-corrected chi connectivity index (χ1v) is 10.00. The Morgan fingerprint density at radius 3 is 2.77 bits per heavy atom. The molecule has 1 N–H and O–H groups in total. The molecule has 2 heterocycles. The number of carbonyl (C=O) groups is 1. The van der Waals surface area contributed by atoms with Crippen molar-refractivity contribution in [3.8, 4) is 0 Å². The second-order valence-electron chi connectivity index (χ2n) is 8.18. The lowest BCUT2D eigenvalue weighted by Gasteiger charge is -2.51. The number of nitrogens with zero attached hydrogens (tertiary/aromatic N) is 2. The highest BCUT2D eigenvalue weighted by molar-refractivity contribution is 6.31. The van der Waals surface area contributed by atoms with Gasteiger partial charge in [0.25, 0.3) is 0 Å². The van der Waals surface area contributed by atoms with Crippen LogP contribution >= 0.6 is 11.6 Å². The van der Waals surface area contributed by atoms with Crippen LogP contribution in [0.15, 0.2) is 18.2 Å². The summed E-state index contributed by atoms with van der Waals surface area (Å²) in [6.45, 7) is 3.32. The molecule has 26 heavy (non-hydrogen) atoms. The van der Waals surface area contributed by atoms with Gasteiger partial charge in [-0.2, -0.15) is 0 Å². The Labute approximate surface area is 158 Å². The largest absolute Gasteiger partial charge is 0.389 e. The van der Waals surface area contributed by atoms with Crippen LogP contribution < -0.4 is 0 Å². The van der Waals surface area contributed by atoms with Gasteiger partial charge in [0.05, 0.1) is 5.60 Å². The summed E-state index contributed by atoms with van der Waals surface area (Å²) >= 11 is 6.21. The standard InChI is InChI=1S/C20H26ClFN2O2/c21-18-5-4-17(22)10-15(18)11-23-8-6-20(26)7-9-24(13-16(20)12-23)19(25)14-2-1-3-14/h4-5,10,14,16,26H,1-3,6-9,11-13H2/t16-,20-/m1/s1. The summed E-state index contributed by atoms with van der Waals surface area (Å²) in [6, 6.07) is 4.44. The molecule has 1 aromatic rings. The minimum atomic E-state index is -0.682. The molecule has 0 bridgehead atoms. The maximum Gasteiger partial charge on any atom is 0.225 e. The van der Waals surface area contributed by atoms with Crippen LogP contribution in [-0.4, -0.2) is 52.6 Å². The number of hydrogen-bond donors (Lipinski definition) is 1. The highest BCUT2D eigenvalue weighted by atomic mass is 35.5. The number of hydrogen-bond acceptors (Lipinski definition) is 3. The van der Waals surface area contributed by atoms with Gasteiger partial charge in [-0.05, 0) is 49.4 Å². The average Bonchev–Trinajstić information content (AvgIpc) is 2.56. The Kier molecular flexibility index (Phi) is 4.97. The number of fused-ring (bicyclic) bond motifs is 1. The highest BCUT2D eigenvalue weighted by Gasteiger charge is 2.46. The number of rotatable bonds is 3. The number of carbonyl (C=O) groups excluding carboxylic acids is 1. The molecule has 1 aliphatic carbocycles. The Bertz CT molecular complexity index is 696. The molecule has 0 unspecified atom stereocenters. The predicted octanol–water partition coefficient (Wildman–Crippen LogP) is 3.06. The Morgan fingerprint density at radius 2 is 2.04 bits per heavy atom. The summed E-state index contributed by atoms with van der Waals surface area (Å²) in [6.07, 6.45) is 4.52. The summed E-state index contributed by atoms with van der Waals surface area (Å²) in [5, 5.41) is 11.6. The molecule has 0 aromatic heterocycles. The number of likely N-dealkylation sites (tertiary alicyclic amines) is 2. The van der Waals surface area contributed by atoms with Gasteiger partial charge in [-0.1, -0.05) is 18.0 Å². The van der Waals surface area contributed by atoms with Crippen LogP contribution in [0.1, 0.15) is 37.7 Å². The molecule has 1 aromatic carbocycles.